The number of pyridine rings is 2. The highest BCUT2D eigenvalue weighted by Crippen LogP contribution is 2.35. The van der Waals surface area contributed by atoms with Crippen LogP contribution in [0, 0.1) is 33.1 Å². The van der Waals surface area contributed by atoms with Crippen LogP contribution in [0.4, 0.5) is 11.4 Å². The van der Waals surface area contributed by atoms with Crippen LogP contribution in [0.15, 0.2) is 46.0 Å². The first-order valence-corrected chi connectivity index (χ1v) is 13.3. The van der Waals surface area contributed by atoms with Crippen LogP contribution in [0.1, 0.15) is 50.2 Å². The van der Waals surface area contributed by atoms with Crippen molar-refractivity contribution in [2.45, 2.75) is 67.6 Å². The number of nitrogens with one attached hydrogen (secondary N) is 2. The summed E-state index contributed by atoms with van der Waals surface area (Å²) in [6, 6.07) is 7.97. The molecular formula is C29H35N9O2. The fraction of sp³-hybridized carbons (Fsp3) is 0.345. The van der Waals surface area contributed by atoms with Crippen LogP contribution >= 0.6 is 0 Å². The molecule has 40 heavy (non-hydrogen) atoms. The third kappa shape index (κ3) is 4.78. The molecular weight excluding hydrogens is 506 g/mol. The first-order chi connectivity index (χ1) is 18.9. The number of aliphatic imine (C=N–C) groups is 2. The molecule has 0 aromatic carbocycles. The molecule has 1 aliphatic heterocycles. The lowest BCUT2D eigenvalue weighted by Crippen LogP contribution is -2.29. The number of ether oxygens (including phenoxy) is 2. The Balaban J connectivity index is 1.63. The number of nitrogens with zero attached hydrogens (tertiary/aromatic N) is 6. The van der Waals surface area contributed by atoms with Gasteiger partial charge in [0.1, 0.15) is 5.69 Å². The minimum atomic E-state index is -0.111. The summed E-state index contributed by atoms with van der Waals surface area (Å²) >= 11 is 0. The van der Waals surface area contributed by atoms with E-state index in [-0.39, 0.29) is 35.3 Å². The Kier molecular flexibility index (Phi) is 6.82. The highest BCUT2D eigenvalue weighted by Gasteiger charge is 2.24. The van der Waals surface area contributed by atoms with Gasteiger partial charge in [-0.1, -0.05) is 12.1 Å². The summed E-state index contributed by atoms with van der Waals surface area (Å²) < 4.78 is 15.7. The van der Waals surface area contributed by atoms with Crippen molar-refractivity contribution in [2.75, 3.05) is 5.32 Å². The van der Waals surface area contributed by atoms with Crippen LogP contribution in [-0.2, 0) is 0 Å². The highest BCUT2D eigenvalue weighted by molar-refractivity contribution is 6.52. The lowest BCUT2D eigenvalue weighted by atomic mass is 10.2. The molecule has 5 rings (SSSR count). The zero-order valence-electron chi connectivity index (χ0n) is 24.1. The Morgan fingerprint density at radius 2 is 1.40 bits per heavy atom. The van der Waals surface area contributed by atoms with E-state index in [1.807, 2.05) is 88.7 Å². The predicted octanol–water partition coefficient (Wildman–Crippen LogP) is 5.21. The molecule has 0 spiro atoms. The van der Waals surface area contributed by atoms with Gasteiger partial charge in [-0.3, -0.25) is 5.41 Å². The summed E-state index contributed by atoms with van der Waals surface area (Å²) in [6.07, 6.45) is 1.32. The molecule has 0 amide bonds. The van der Waals surface area contributed by atoms with Crippen LogP contribution in [0.5, 0.6) is 11.8 Å². The average Bonchev–Trinajstić information content (AvgIpc) is 3.39. The zero-order valence-corrected chi connectivity index (χ0v) is 24.1. The minimum Gasteiger partial charge on any atom is -0.472 e. The second kappa shape index (κ2) is 10.1. The number of nitrogens with two attached hydrogens (primary N) is 1. The van der Waals surface area contributed by atoms with Gasteiger partial charge >= 0.3 is 0 Å². The highest BCUT2D eigenvalue weighted by atomic mass is 16.5. The van der Waals surface area contributed by atoms with Gasteiger partial charge in [-0.25, -0.2) is 19.0 Å². The maximum atomic E-state index is 8.62. The number of hydrogen-bond donors (Lipinski definition) is 3. The predicted molar refractivity (Wildman–Crippen MR) is 159 cm³/mol. The molecule has 4 N–H and O–H groups in total. The summed E-state index contributed by atoms with van der Waals surface area (Å²) in [7, 11) is 0. The van der Waals surface area contributed by atoms with Crippen molar-refractivity contribution in [3.05, 3.63) is 58.6 Å². The molecule has 0 radical (unpaired) electrons. The second-order valence-electron chi connectivity index (χ2n) is 10.5. The van der Waals surface area contributed by atoms with Gasteiger partial charge in [0.2, 0.25) is 0 Å². The third-order valence-electron chi connectivity index (χ3n) is 6.70. The largest absolute Gasteiger partial charge is 0.472 e. The van der Waals surface area contributed by atoms with Crippen LogP contribution in [0.2, 0.25) is 0 Å². The van der Waals surface area contributed by atoms with Crippen molar-refractivity contribution in [3.8, 4) is 11.8 Å². The molecule has 5 heterocycles. The van der Waals surface area contributed by atoms with Gasteiger partial charge in [-0.2, -0.15) is 0 Å². The number of amidine groups is 2. The standard InChI is InChI=1S/C29H35N9O2/c1-14(2)39-28-24(22-11-9-16(5)18(7)37(22)35-28)32-26-20(30)13-21(31)27(34-26)33-25-23-12-10-17(6)19(8)38(23)36-29(25)40-15(3)4/h9-15,30H,31H2,1-8H3,(H,32,33,34). The van der Waals surface area contributed by atoms with Gasteiger partial charge < -0.3 is 20.5 Å². The van der Waals surface area contributed by atoms with Gasteiger partial charge in [0.15, 0.2) is 17.4 Å². The van der Waals surface area contributed by atoms with Crippen LogP contribution in [0.3, 0.4) is 0 Å². The molecule has 0 bridgehead atoms. The Morgan fingerprint density at radius 3 is 2.02 bits per heavy atom. The number of fused-ring (bicyclic) bond motifs is 2. The molecule has 11 heteroatoms. The molecule has 1 aliphatic rings. The van der Waals surface area contributed by atoms with Crippen molar-refractivity contribution < 1.29 is 9.47 Å². The topological polar surface area (TPSA) is 140 Å². The van der Waals surface area contributed by atoms with Gasteiger partial charge in [0.25, 0.3) is 11.8 Å². The Bertz CT molecular complexity index is 1750. The Morgan fingerprint density at radius 1 is 0.850 bits per heavy atom. The number of aryl methyl sites for hydroxylation is 4. The van der Waals surface area contributed by atoms with Gasteiger partial charge in [-0.15, -0.1) is 10.2 Å². The number of anilines is 1. The van der Waals surface area contributed by atoms with E-state index < -0.39 is 0 Å². The first kappa shape index (κ1) is 26.9. The van der Waals surface area contributed by atoms with Crippen LogP contribution in [-0.4, -0.2) is 48.8 Å². The Hall–Kier alpha value is -4.67. The van der Waals surface area contributed by atoms with E-state index >= 15 is 0 Å². The number of rotatable bonds is 6. The summed E-state index contributed by atoms with van der Waals surface area (Å²) in [4.78, 5) is 9.50. The van der Waals surface area contributed by atoms with Crippen molar-refractivity contribution in [2.24, 2.45) is 15.7 Å². The first-order valence-electron chi connectivity index (χ1n) is 13.3. The fourth-order valence-corrected chi connectivity index (χ4v) is 4.37. The minimum absolute atomic E-state index is 0.102. The van der Waals surface area contributed by atoms with E-state index in [0.717, 1.165) is 33.5 Å². The lowest BCUT2D eigenvalue weighted by Gasteiger charge is -2.16. The summed E-state index contributed by atoms with van der Waals surface area (Å²) in [5, 5.41) is 21.3. The molecule has 4 aromatic heterocycles. The number of dihydropyridines is 1. The monoisotopic (exact) mass is 541 g/mol. The van der Waals surface area contributed by atoms with Crippen LogP contribution in [0.25, 0.3) is 11.0 Å². The Labute approximate surface area is 232 Å². The van der Waals surface area contributed by atoms with Crippen molar-refractivity contribution >= 4 is 39.8 Å². The second-order valence-corrected chi connectivity index (χ2v) is 10.5. The summed E-state index contributed by atoms with van der Waals surface area (Å²) in [6.45, 7) is 15.8. The van der Waals surface area contributed by atoms with Crippen molar-refractivity contribution in [1.82, 2.24) is 19.2 Å². The maximum Gasteiger partial charge on any atom is 0.260 e. The number of hydrogen-bond acceptors (Lipinski definition) is 8. The molecule has 0 atom stereocenters. The smallest absolute Gasteiger partial charge is 0.260 e. The third-order valence-corrected chi connectivity index (χ3v) is 6.70. The SMILES string of the molecule is Cc1ccc2c(N=C3N=C(Nc4c(OC(C)C)nn5c(C)c(C)ccc45)C(=N)C=C3N)c(OC(C)C)nn2c1C. The normalized spacial score (nSPS) is 14.9. The zero-order chi connectivity index (χ0) is 28.9. The molecule has 0 fully saturated rings. The molecule has 4 aromatic rings. The maximum absolute atomic E-state index is 8.62. The van der Waals surface area contributed by atoms with E-state index in [2.05, 4.69) is 15.4 Å². The van der Waals surface area contributed by atoms with E-state index in [9.17, 15) is 0 Å². The average molecular weight is 542 g/mol. The molecule has 0 saturated heterocycles. The lowest BCUT2D eigenvalue weighted by molar-refractivity contribution is 0.232. The molecule has 0 aliphatic carbocycles. The van der Waals surface area contributed by atoms with Gasteiger partial charge in [0.05, 0.1) is 34.7 Å². The quantitative estimate of drug-likeness (QED) is 0.306. The van der Waals surface area contributed by atoms with Crippen molar-refractivity contribution in [3.63, 3.8) is 0 Å². The van der Waals surface area contributed by atoms with Crippen molar-refractivity contribution in [1.29, 1.82) is 5.41 Å². The van der Waals surface area contributed by atoms with E-state index in [0.29, 0.717) is 23.1 Å². The van der Waals surface area contributed by atoms with Gasteiger partial charge in [-0.05, 0) is 84.7 Å². The van der Waals surface area contributed by atoms with Crippen LogP contribution < -0.4 is 20.5 Å². The molecule has 0 saturated carbocycles. The van der Waals surface area contributed by atoms with Gasteiger partial charge in [0, 0.05) is 11.4 Å². The van der Waals surface area contributed by atoms with E-state index in [4.69, 9.17) is 30.7 Å². The summed E-state index contributed by atoms with van der Waals surface area (Å²) in [5.41, 5.74) is 13.6. The molecule has 11 nitrogen and oxygen atoms in total. The molecule has 0 unspecified atom stereocenters. The molecule has 208 valence electrons. The fourth-order valence-electron chi connectivity index (χ4n) is 4.37. The van der Waals surface area contributed by atoms with E-state index in [1.165, 1.54) is 6.08 Å². The van der Waals surface area contributed by atoms with E-state index in [1.54, 1.807) is 0 Å². The summed E-state index contributed by atoms with van der Waals surface area (Å²) in [5.74, 6) is 1.32. The number of aromatic nitrogens is 4.